The number of imidazole rings is 1. The number of rotatable bonds is 7. The molecule has 0 radical (unpaired) electrons. The van der Waals surface area contributed by atoms with Crippen molar-refractivity contribution in [1.29, 1.82) is 0 Å². The first-order valence-electron chi connectivity index (χ1n) is 9.39. The fourth-order valence-electron chi connectivity index (χ4n) is 3.31. The monoisotopic (exact) mass is 400 g/mol. The largest absolute Gasteiger partial charge is 0.497 e. The van der Waals surface area contributed by atoms with Gasteiger partial charge >= 0.3 is 0 Å². The van der Waals surface area contributed by atoms with Crippen molar-refractivity contribution in [2.75, 3.05) is 46.4 Å². The highest BCUT2D eigenvalue weighted by Crippen LogP contribution is 2.17. The minimum absolute atomic E-state index is 0.153. The van der Waals surface area contributed by atoms with Crippen LogP contribution in [-0.2, 0) is 11.2 Å². The molecule has 28 heavy (non-hydrogen) atoms. The number of fused-ring (bicyclic) bond motifs is 1. The van der Waals surface area contributed by atoms with Gasteiger partial charge in [-0.3, -0.25) is 14.1 Å². The summed E-state index contributed by atoms with van der Waals surface area (Å²) >= 11 is 1.58. The molecule has 1 aliphatic rings. The summed E-state index contributed by atoms with van der Waals surface area (Å²) in [7, 11) is 1.65. The van der Waals surface area contributed by atoms with E-state index >= 15 is 0 Å². The fourth-order valence-corrected chi connectivity index (χ4v) is 4.03. The maximum absolute atomic E-state index is 12.6. The molecule has 0 unspecified atom stereocenters. The lowest BCUT2D eigenvalue weighted by atomic mass is 10.2. The van der Waals surface area contributed by atoms with Gasteiger partial charge in [0.05, 0.1) is 19.2 Å². The summed E-state index contributed by atoms with van der Waals surface area (Å²) in [5.74, 6) is 1.82. The van der Waals surface area contributed by atoms with Crippen LogP contribution in [0.1, 0.15) is 5.69 Å². The molecule has 3 heterocycles. The number of hydrogen-bond acceptors (Lipinski definition) is 6. The van der Waals surface area contributed by atoms with Gasteiger partial charge in [-0.2, -0.15) is 0 Å². The Labute approximate surface area is 168 Å². The molecule has 0 spiro atoms. The van der Waals surface area contributed by atoms with Crippen molar-refractivity contribution < 1.29 is 14.3 Å². The Morgan fingerprint density at radius 2 is 1.89 bits per heavy atom. The van der Waals surface area contributed by atoms with Crippen molar-refractivity contribution in [2.45, 2.75) is 6.42 Å². The highest BCUT2D eigenvalue weighted by atomic mass is 32.1. The second-order valence-corrected chi connectivity index (χ2v) is 7.62. The van der Waals surface area contributed by atoms with Crippen LogP contribution in [0.15, 0.2) is 42.0 Å². The maximum Gasteiger partial charge on any atom is 0.228 e. The molecule has 3 aromatic rings. The average molecular weight is 401 g/mol. The number of hydrogen-bond donors (Lipinski definition) is 0. The Bertz CT molecular complexity index is 885. The number of thiazole rings is 1. The smallest absolute Gasteiger partial charge is 0.228 e. The Hall–Kier alpha value is -2.58. The van der Waals surface area contributed by atoms with Gasteiger partial charge in [0.1, 0.15) is 18.1 Å². The zero-order chi connectivity index (χ0) is 19.3. The SMILES string of the molecule is COc1ccc(OCCN2CCN(C(=O)Cc3cn4ccsc4n3)CC2)cc1. The molecule has 0 N–H and O–H groups in total. The number of aromatic nitrogens is 2. The van der Waals surface area contributed by atoms with Crippen molar-refractivity contribution in [3.63, 3.8) is 0 Å². The van der Waals surface area contributed by atoms with Crippen LogP contribution in [0.5, 0.6) is 11.5 Å². The highest BCUT2D eigenvalue weighted by Gasteiger charge is 2.21. The number of benzene rings is 1. The molecule has 4 rings (SSSR count). The van der Waals surface area contributed by atoms with Gasteiger partial charge in [-0.1, -0.05) is 0 Å². The van der Waals surface area contributed by atoms with E-state index in [9.17, 15) is 4.79 Å². The Morgan fingerprint density at radius 1 is 1.14 bits per heavy atom. The summed E-state index contributed by atoms with van der Waals surface area (Å²) in [5, 5.41) is 1.99. The van der Waals surface area contributed by atoms with Gasteiger partial charge in [0.15, 0.2) is 4.96 Å². The van der Waals surface area contributed by atoms with E-state index in [1.54, 1.807) is 18.4 Å². The molecule has 0 atom stereocenters. The molecule has 1 fully saturated rings. The zero-order valence-corrected chi connectivity index (χ0v) is 16.7. The molecule has 148 valence electrons. The minimum atomic E-state index is 0.153. The predicted octanol–water partition coefficient (Wildman–Crippen LogP) is 2.17. The van der Waals surface area contributed by atoms with Crippen molar-refractivity contribution in [2.24, 2.45) is 0 Å². The van der Waals surface area contributed by atoms with E-state index in [4.69, 9.17) is 9.47 Å². The molecule has 1 amide bonds. The van der Waals surface area contributed by atoms with Crippen LogP contribution in [0.3, 0.4) is 0 Å². The number of piperazine rings is 1. The van der Waals surface area contributed by atoms with Crippen LogP contribution < -0.4 is 9.47 Å². The van der Waals surface area contributed by atoms with Crippen LogP contribution in [0.4, 0.5) is 0 Å². The molecule has 2 aromatic heterocycles. The summed E-state index contributed by atoms with van der Waals surface area (Å²) in [6.45, 7) is 4.73. The zero-order valence-electron chi connectivity index (χ0n) is 15.9. The van der Waals surface area contributed by atoms with Crippen molar-refractivity contribution >= 4 is 22.2 Å². The van der Waals surface area contributed by atoms with E-state index in [1.807, 2.05) is 51.3 Å². The van der Waals surface area contributed by atoms with Gasteiger partial charge in [0.25, 0.3) is 0 Å². The average Bonchev–Trinajstić information content (AvgIpc) is 3.31. The molecular formula is C20H24N4O3S. The lowest BCUT2D eigenvalue weighted by molar-refractivity contribution is -0.132. The van der Waals surface area contributed by atoms with E-state index in [0.717, 1.165) is 54.9 Å². The second-order valence-electron chi connectivity index (χ2n) is 6.75. The van der Waals surface area contributed by atoms with Crippen LogP contribution in [-0.4, -0.2) is 71.5 Å². The predicted molar refractivity (Wildman–Crippen MR) is 108 cm³/mol. The number of ether oxygens (including phenoxy) is 2. The van der Waals surface area contributed by atoms with Gasteiger partial charge < -0.3 is 14.4 Å². The summed E-state index contributed by atoms with van der Waals surface area (Å²) < 4.78 is 12.9. The van der Waals surface area contributed by atoms with Crippen molar-refractivity contribution in [3.8, 4) is 11.5 Å². The third kappa shape index (κ3) is 4.45. The minimum Gasteiger partial charge on any atom is -0.497 e. The first-order chi connectivity index (χ1) is 13.7. The van der Waals surface area contributed by atoms with Gasteiger partial charge in [0.2, 0.25) is 5.91 Å². The number of methoxy groups -OCH3 is 1. The molecule has 0 saturated carbocycles. The lowest BCUT2D eigenvalue weighted by Crippen LogP contribution is -2.50. The van der Waals surface area contributed by atoms with E-state index in [-0.39, 0.29) is 5.91 Å². The topological polar surface area (TPSA) is 59.3 Å². The molecule has 1 aliphatic heterocycles. The quantitative estimate of drug-likeness (QED) is 0.608. The third-order valence-electron chi connectivity index (χ3n) is 4.94. The van der Waals surface area contributed by atoms with E-state index in [1.165, 1.54) is 0 Å². The molecule has 0 bridgehead atoms. The summed E-state index contributed by atoms with van der Waals surface area (Å²) in [6, 6.07) is 7.61. The molecule has 7 nitrogen and oxygen atoms in total. The Morgan fingerprint density at radius 3 is 2.61 bits per heavy atom. The Kier molecular flexibility index (Phi) is 5.78. The maximum atomic E-state index is 12.6. The van der Waals surface area contributed by atoms with Crippen molar-refractivity contribution in [3.05, 3.63) is 47.7 Å². The van der Waals surface area contributed by atoms with Gasteiger partial charge in [-0.25, -0.2) is 4.98 Å². The highest BCUT2D eigenvalue weighted by molar-refractivity contribution is 7.15. The first-order valence-corrected chi connectivity index (χ1v) is 10.3. The third-order valence-corrected chi connectivity index (χ3v) is 5.71. The van der Waals surface area contributed by atoms with Gasteiger partial charge in [-0.15, -0.1) is 11.3 Å². The number of carbonyl (C=O) groups excluding carboxylic acids is 1. The summed E-state index contributed by atoms with van der Waals surface area (Å²) in [5.41, 5.74) is 0.840. The van der Waals surface area contributed by atoms with Crippen LogP contribution in [0, 0.1) is 0 Å². The first kappa shape index (κ1) is 18.8. The standard InChI is InChI=1S/C20H24N4O3S/c1-26-17-2-4-18(5-3-17)27-12-10-22-6-8-23(9-7-22)19(25)14-16-15-24-11-13-28-20(24)21-16/h2-5,11,13,15H,6-10,12,14H2,1H3. The summed E-state index contributed by atoms with van der Waals surface area (Å²) in [6.07, 6.45) is 4.28. The van der Waals surface area contributed by atoms with Crippen LogP contribution >= 0.6 is 11.3 Å². The van der Waals surface area contributed by atoms with E-state index < -0.39 is 0 Å². The fraction of sp³-hybridized carbons (Fsp3) is 0.400. The molecule has 0 aliphatic carbocycles. The number of nitrogens with zero attached hydrogens (tertiary/aromatic N) is 4. The van der Waals surface area contributed by atoms with Crippen molar-refractivity contribution in [1.82, 2.24) is 19.2 Å². The Balaban J connectivity index is 1.18. The molecular weight excluding hydrogens is 376 g/mol. The molecule has 8 heteroatoms. The second kappa shape index (κ2) is 8.62. The van der Waals surface area contributed by atoms with Gasteiger partial charge in [0, 0.05) is 50.5 Å². The van der Waals surface area contributed by atoms with Gasteiger partial charge in [-0.05, 0) is 24.3 Å². The van der Waals surface area contributed by atoms with Crippen LogP contribution in [0.2, 0.25) is 0 Å². The van der Waals surface area contributed by atoms with Crippen LogP contribution in [0.25, 0.3) is 4.96 Å². The number of amides is 1. The van der Waals surface area contributed by atoms with E-state index in [2.05, 4.69) is 9.88 Å². The molecule has 1 aromatic carbocycles. The summed E-state index contributed by atoms with van der Waals surface area (Å²) in [4.78, 5) is 22.3. The normalized spacial score (nSPS) is 15.1. The van der Waals surface area contributed by atoms with E-state index in [0.29, 0.717) is 13.0 Å². The number of carbonyl (C=O) groups is 1. The lowest BCUT2D eigenvalue weighted by Gasteiger charge is -2.34. The molecule has 1 saturated heterocycles.